The van der Waals surface area contributed by atoms with Crippen molar-refractivity contribution in [1.82, 2.24) is 14.2 Å². The number of hydrogen-bond acceptors (Lipinski definition) is 4. The maximum absolute atomic E-state index is 12.1. The second-order valence-electron chi connectivity index (χ2n) is 4.64. The van der Waals surface area contributed by atoms with Crippen molar-refractivity contribution >= 4 is 15.9 Å². The van der Waals surface area contributed by atoms with Crippen LogP contribution < -0.4 is 4.72 Å². The third kappa shape index (κ3) is 2.51. The average Bonchev–Trinajstić information content (AvgIpc) is 2.70. The lowest BCUT2D eigenvalue weighted by molar-refractivity contribution is 0.0353. The minimum Gasteiger partial charge on any atom is -0.396 e. The van der Waals surface area contributed by atoms with Gasteiger partial charge >= 0.3 is 0 Å². The Morgan fingerprint density at radius 1 is 1.53 bits per heavy atom. The van der Waals surface area contributed by atoms with Gasteiger partial charge in [0.2, 0.25) is 10.0 Å². The van der Waals surface area contributed by atoms with Gasteiger partial charge in [-0.2, -0.15) is 0 Å². The van der Waals surface area contributed by atoms with Crippen molar-refractivity contribution in [3.8, 4) is 0 Å². The zero-order valence-corrected chi connectivity index (χ0v) is 11.6. The molecule has 0 spiro atoms. The molecule has 0 radical (unpaired) electrons. The Hall–Kier alpha value is -1.38. The van der Waals surface area contributed by atoms with Crippen molar-refractivity contribution in [2.45, 2.75) is 4.90 Å². The molecule has 1 aromatic heterocycles. The summed E-state index contributed by atoms with van der Waals surface area (Å²) in [5.41, 5.74) is 0.324. The molecule has 0 aromatic carbocycles. The van der Waals surface area contributed by atoms with E-state index in [1.807, 2.05) is 0 Å². The van der Waals surface area contributed by atoms with E-state index in [0.717, 1.165) is 0 Å². The standard InChI is InChI=1S/C11H17N3O4S/c1-12-19(17,18)9-3-10(13(2)6-9)11(16)14-4-8(5-14)7-15/h3,6,8,12,15H,4-5,7H2,1-2H3. The first-order valence-corrected chi connectivity index (χ1v) is 7.37. The van der Waals surface area contributed by atoms with Gasteiger partial charge in [-0.15, -0.1) is 0 Å². The summed E-state index contributed by atoms with van der Waals surface area (Å²) in [5.74, 6) is -0.0884. The molecule has 1 fully saturated rings. The maximum Gasteiger partial charge on any atom is 0.270 e. The number of aliphatic hydroxyl groups excluding tert-OH is 1. The van der Waals surface area contributed by atoms with E-state index in [9.17, 15) is 13.2 Å². The third-order valence-corrected chi connectivity index (χ3v) is 4.66. The number of carbonyl (C=O) groups is 1. The summed E-state index contributed by atoms with van der Waals surface area (Å²) in [6.45, 7) is 1.08. The fourth-order valence-electron chi connectivity index (χ4n) is 2.02. The predicted molar refractivity (Wildman–Crippen MR) is 68.1 cm³/mol. The van der Waals surface area contributed by atoms with Gasteiger partial charge in [-0.1, -0.05) is 0 Å². The van der Waals surface area contributed by atoms with Crippen LogP contribution in [0.2, 0.25) is 0 Å². The number of nitrogens with zero attached hydrogens (tertiary/aromatic N) is 2. The van der Waals surface area contributed by atoms with Crippen LogP contribution in [0.3, 0.4) is 0 Å². The summed E-state index contributed by atoms with van der Waals surface area (Å²) in [4.78, 5) is 13.8. The lowest BCUT2D eigenvalue weighted by Crippen LogP contribution is -2.51. The monoisotopic (exact) mass is 287 g/mol. The predicted octanol–water partition coefficient (Wildman–Crippen LogP) is -1.00. The highest BCUT2D eigenvalue weighted by Gasteiger charge is 2.32. The number of amides is 1. The van der Waals surface area contributed by atoms with E-state index in [2.05, 4.69) is 4.72 Å². The minimum atomic E-state index is -3.54. The van der Waals surface area contributed by atoms with Crippen LogP contribution in [0.15, 0.2) is 17.2 Å². The largest absolute Gasteiger partial charge is 0.396 e. The van der Waals surface area contributed by atoms with Crippen LogP contribution in [0.4, 0.5) is 0 Å². The first-order valence-electron chi connectivity index (χ1n) is 5.89. The summed E-state index contributed by atoms with van der Waals surface area (Å²) in [5, 5.41) is 8.92. The number of aryl methyl sites for hydroxylation is 1. The van der Waals surface area contributed by atoms with Crippen molar-refractivity contribution in [1.29, 1.82) is 0 Å². The van der Waals surface area contributed by atoms with Crippen LogP contribution in [0, 0.1) is 5.92 Å². The zero-order chi connectivity index (χ0) is 14.2. The number of carbonyl (C=O) groups excluding carboxylic acids is 1. The van der Waals surface area contributed by atoms with Crippen LogP contribution in [0.5, 0.6) is 0 Å². The van der Waals surface area contributed by atoms with Gasteiger partial charge in [-0.25, -0.2) is 13.1 Å². The molecule has 1 aliphatic rings. The number of aromatic nitrogens is 1. The first kappa shape index (κ1) is 14.0. The fourth-order valence-corrected chi connectivity index (χ4v) is 2.82. The van der Waals surface area contributed by atoms with Crippen LogP contribution in [-0.4, -0.2) is 55.6 Å². The average molecular weight is 287 g/mol. The molecule has 2 N–H and O–H groups in total. The van der Waals surface area contributed by atoms with Crippen molar-refractivity contribution in [3.05, 3.63) is 18.0 Å². The Kier molecular flexibility index (Phi) is 3.66. The number of rotatable bonds is 4. The van der Waals surface area contributed by atoms with Gasteiger partial charge in [0.1, 0.15) is 10.6 Å². The molecule has 2 heterocycles. The van der Waals surface area contributed by atoms with Crippen LogP contribution in [0.1, 0.15) is 10.5 Å². The molecule has 1 aliphatic heterocycles. The van der Waals surface area contributed by atoms with Crippen molar-refractivity contribution < 1.29 is 18.3 Å². The molecule has 8 heteroatoms. The Balaban J connectivity index is 2.20. The van der Waals surface area contributed by atoms with Crippen molar-refractivity contribution in [3.63, 3.8) is 0 Å². The van der Waals surface area contributed by atoms with E-state index < -0.39 is 10.0 Å². The van der Waals surface area contributed by atoms with Gasteiger partial charge in [0.25, 0.3) is 5.91 Å². The summed E-state index contributed by atoms with van der Waals surface area (Å²) < 4.78 is 27.0. The van der Waals surface area contributed by atoms with Crippen molar-refractivity contribution in [2.24, 2.45) is 13.0 Å². The van der Waals surface area contributed by atoms with E-state index in [-0.39, 0.29) is 23.3 Å². The summed E-state index contributed by atoms with van der Waals surface area (Å²) in [7, 11) is -0.590. The molecule has 0 atom stereocenters. The van der Waals surface area contributed by atoms with E-state index >= 15 is 0 Å². The van der Waals surface area contributed by atoms with Crippen LogP contribution in [0.25, 0.3) is 0 Å². The Morgan fingerprint density at radius 3 is 2.68 bits per heavy atom. The van der Waals surface area contributed by atoms with E-state index in [1.54, 1.807) is 11.9 Å². The first-order chi connectivity index (χ1) is 8.89. The number of aliphatic hydroxyl groups is 1. The molecule has 19 heavy (non-hydrogen) atoms. The van der Waals surface area contributed by atoms with Gasteiger partial charge in [0.05, 0.1) is 0 Å². The topological polar surface area (TPSA) is 91.6 Å². The SMILES string of the molecule is CNS(=O)(=O)c1cc(C(=O)N2CC(CO)C2)n(C)c1. The lowest BCUT2D eigenvalue weighted by Gasteiger charge is -2.38. The molecule has 0 saturated carbocycles. The highest BCUT2D eigenvalue weighted by Crippen LogP contribution is 2.20. The number of likely N-dealkylation sites (tertiary alicyclic amines) is 1. The van der Waals surface area contributed by atoms with Gasteiger partial charge in [-0.3, -0.25) is 4.79 Å². The molecule has 2 rings (SSSR count). The van der Waals surface area contributed by atoms with Gasteiger partial charge in [-0.05, 0) is 13.1 Å². The molecule has 0 unspecified atom stereocenters. The smallest absolute Gasteiger partial charge is 0.270 e. The van der Waals surface area contributed by atoms with Gasteiger partial charge in [0, 0.05) is 38.9 Å². The zero-order valence-electron chi connectivity index (χ0n) is 10.8. The molecule has 1 saturated heterocycles. The second-order valence-corrected chi connectivity index (χ2v) is 6.52. The second kappa shape index (κ2) is 4.95. The number of nitrogens with one attached hydrogen (secondary N) is 1. The Bertz CT molecular complexity index is 587. The van der Waals surface area contributed by atoms with Gasteiger partial charge in [0.15, 0.2) is 0 Å². The number of sulfonamides is 1. The fraction of sp³-hybridized carbons (Fsp3) is 0.545. The quantitative estimate of drug-likeness (QED) is 0.743. The molecule has 1 aromatic rings. The summed E-state index contributed by atoms with van der Waals surface area (Å²) >= 11 is 0. The van der Waals surface area contributed by atoms with Crippen LogP contribution in [-0.2, 0) is 17.1 Å². The van der Waals surface area contributed by atoms with E-state index in [4.69, 9.17) is 5.11 Å². The minimum absolute atomic E-state index is 0.0658. The Labute approximate surface area is 111 Å². The lowest BCUT2D eigenvalue weighted by atomic mass is 10.0. The Morgan fingerprint density at radius 2 is 2.16 bits per heavy atom. The van der Waals surface area contributed by atoms with Gasteiger partial charge < -0.3 is 14.6 Å². The van der Waals surface area contributed by atoms with E-state index in [0.29, 0.717) is 18.8 Å². The molecular weight excluding hydrogens is 270 g/mol. The highest BCUT2D eigenvalue weighted by atomic mass is 32.2. The maximum atomic E-state index is 12.1. The molecule has 1 amide bonds. The molecule has 7 nitrogen and oxygen atoms in total. The summed E-state index contributed by atoms with van der Waals surface area (Å²) in [6, 6.07) is 1.36. The van der Waals surface area contributed by atoms with E-state index in [1.165, 1.54) is 23.9 Å². The third-order valence-electron chi connectivity index (χ3n) is 3.28. The van der Waals surface area contributed by atoms with Crippen molar-refractivity contribution in [2.75, 3.05) is 26.7 Å². The highest BCUT2D eigenvalue weighted by molar-refractivity contribution is 7.89. The van der Waals surface area contributed by atoms with Crippen LogP contribution >= 0.6 is 0 Å². The molecular formula is C11H17N3O4S. The molecule has 106 valence electrons. The summed E-state index contributed by atoms with van der Waals surface area (Å²) in [6.07, 6.45) is 1.41. The molecule has 0 bridgehead atoms. The number of hydrogen-bond donors (Lipinski definition) is 2. The molecule has 0 aliphatic carbocycles. The normalized spacial score (nSPS) is 16.5.